The Morgan fingerprint density at radius 3 is 2.60 bits per heavy atom. The van der Waals surface area contributed by atoms with Crippen molar-refractivity contribution in [2.75, 3.05) is 25.2 Å². The van der Waals surface area contributed by atoms with E-state index in [9.17, 15) is 19.2 Å². The second-order valence-corrected chi connectivity index (χ2v) is 7.62. The molecule has 30 heavy (non-hydrogen) atoms. The maximum Gasteiger partial charge on any atom is 0.310 e. The average molecular weight is 413 g/mol. The SMILES string of the molecule is CCN(CC(C)C(=O)OC)C(=O)c1cccc(N2NC(=O)C3CC=CCC3C2=O)c1. The Balaban J connectivity index is 1.80. The molecule has 1 N–H and O–H groups in total. The van der Waals surface area contributed by atoms with E-state index in [2.05, 4.69) is 5.43 Å². The molecule has 160 valence electrons. The third-order valence-electron chi connectivity index (χ3n) is 5.65. The van der Waals surface area contributed by atoms with Crippen LogP contribution in [0.25, 0.3) is 0 Å². The van der Waals surface area contributed by atoms with Gasteiger partial charge in [0.2, 0.25) is 11.8 Å². The number of hydrazine groups is 1. The molecule has 1 aromatic rings. The lowest BCUT2D eigenvalue weighted by Crippen LogP contribution is -2.59. The molecule has 0 bridgehead atoms. The molecule has 0 saturated carbocycles. The summed E-state index contributed by atoms with van der Waals surface area (Å²) in [6, 6.07) is 6.60. The number of esters is 1. The van der Waals surface area contributed by atoms with Gasteiger partial charge in [-0.05, 0) is 38.0 Å². The molecular formula is C22H27N3O5. The number of hydrogen-bond acceptors (Lipinski definition) is 5. The Morgan fingerprint density at radius 1 is 1.23 bits per heavy atom. The van der Waals surface area contributed by atoms with Gasteiger partial charge in [0.25, 0.3) is 5.91 Å². The van der Waals surface area contributed by atoms with Crippen molar-refractivity contribution in [2.24, 2.45) is 17.8 Å². The van der Waals surface area contributed by atoms with Gasteiger partial charge in [-0.15, -0.1) is 0 Å². The normalized spacial score (nSPS) is 21.5. The summed E-state index contributed by atoms with van der Waals surface area (Å²) < 4.78 is 4.74. The van der Waals surface area contributed by atoms with Gasteiger partial charge in [-0.1, -0.05) is 25.1 Å². The number of hydrogen-bond donors (Lipinski definition) is 1. The van der Waals surface area contributed by atoms with Crippen LogP contribution in [0.1, 0.15) is 37.0 Å². The van der Waals surface area contributed by atoms with Crippen LogP contribution in [-0.2, 0) is 19.1 Å². The standard InChI is InChI=1S/C22H27N3O5/c1-4-24(13-14(2)22(29)30-3)20(27)15-8-7-9-16(12-15)25-21(28)18-11-6-5-10-17(18)19(26)23-25/h5-9,12,14,17-18H,4,10-11,13H2,1-3H3,(H,23,26). The minimum absolute atomic E-state index is 0.180. The molecule has 3 rings (SSSR count). The van der Waals surface area contributed by atoms with E-state index in [0.717, 1.165) is 0 Å². The summed E-state index contributed by atoms with van der Waals surface area (Å²) in [7, 11) is 1.32. The number of anilines is 1. The molecule has 3 unspecified atom stereocenters. The molecular weight excluding hydrogens is 386 g/mol. The van der Waals surface area contributed by atoms with E-state index >= 15 is 0 Å². The lowest BCUT2D eigenvalue weighted by molar-refractivity contribution is -0.145. The van der Waals surface area contributed by atoms with Crippen molar-refractivity contribution in [3.63, 3.8) is 0 Å². The summed E-state index contributed by atoms with van der Waals surface area (Å²) >= 11 is 0. The fourth-order valence-electron chi connectivity index (χ4n) is 3.91. The number of nitrogens with one attached hydrogen (secondary N) is 1. The monoisotopic (exact) mass is 413 g/mol. The van der Waals surface area contributed by atoms with Gasteiger partial charge in [0.1, 0.15) is 0 Å². The first-order valence-corrected chi connectivity index (χ1v) is 10.1. The lowest BCUT2D eigenvalue weighted by atomic mass is 9.80. The van der Waals surface area contributed by atoms with Gasteiger partial charge >= 0.3 is 5.97 Å². The third-order valence-corrected chi connectivity index (χ3v) is 5.65. The van der Waals surface area contributed by atoms with Crippen molar-refractivity contribution >= 4 is 29.4 Å². The van der Waals surface area contributed by atoms with Gasteiger partial charge in [-0.25, -0.2) is 5.01 Å². The number of allylic oxidation sites excluding steroid dienone is 2. The average Bonchev–Trinajstić information content (AvgIpc) is 2.78. The van der Waals surface area contributed by atoms with Gasteiger partial charge in [0.15, 0.2) is 0 Å². The molecule has 0 spiro atoms. The molecule has 2 aliphatic rings. The van der Waals surface area contributed by atoms with Crippen LogP contribution in [-0.4, -0.2) is 48.8 Å². The minimum atomic E-state index is -0.457. The summed E-state index contributed by atoms with van der Waals surface area (Å²) in [4.78, 5) is 51.7. The fraction of sp³-hybridized carbons (Fsp3) is 0.455. The number of rotatable bonds is 6. The van der Waals surface area contributed by atoms with Crippen LogP contribution in [0.5, 0.6) is 0 Å². The largest absolute Gasteiger partial charge is 0.469 e. The van der Waals surface area contributed by atoms with Crippen LogP contribution in [0.2, 0.25) is 0 Å². The molecule has 8 nitrogen and oxygen atoms in total. The van der Waals surface area contributed by atoms with Crippen molar-refractivity contribution in [1.82, 2.24) is 10.3 Å². The Morgan fingerprint density at radius 2 is 1.93 bits per heavy atom. The number of ether oxygens (including phenoxy) is 1. The second-order valence-electron chi connectivity index (χ2n) is 7.62. The van der Waals surface area contributed by atoms with Crippen LogP contribution >= 0.6 is 0 Å². The van der Waals surface area contributed by atoms with Gasteiger partial charge in [0.05, 0.1) is 30.6 Å². The Bertz CT molecular complexity index is 881. The Hall–Kier alpha value is -3.16. The van der Waals surface area contributed by atoms with Crippen LogP contribution in [0, 0.1) is 17.8 Å². The predicted octanol–water partition coefficient (Wildman–Crippen LogP) is 1.92. The van der Waals surface area contributed by atoms with Gasteiger partial charge in [0, 0.05) is 18.7 Å². The zero-order valence-corrected chi connectivity index (χ0v) is 17.5. The lowest BCUT2D eigenvalue weighted by Gasteiger charge is -2.38. The molecule has 1 aliphatic carbocycles. The molecule has 8 heteroatoms. The summed E-state index contributed by atoms with van der Waals surface area (Å²) in [6.45, 7) is 4.17. The molecule has 1 saturated heterocycles. The number of amides is 3. The molecule has 1 aromatic carbocycles. The number of nitrogens with zero attached hydrogens (tertiary/aromatic N) is 2. The third kappa shape index (κ3) is 4.22. The van der Waals surface area contributed by atoms with E-state index in [4.69, 9.17) is 4.74 Å². The number of methoxy groups -OCH3 is 1. The van der Waals surface area contributed by atoms with Crippen LogP contribution in [0.3, 0.4) is 0 Å². The molecule has 1 heterocycles. The highest BCUT2D eigenvalue weighted by molar-refractivity contribution is 6.05. The van der Waals surface area contributed by atoms with Crippen LogP contribution in [0.4, 0.5) is 5.69 Å². The van der Waals surface area contributed by atoms with Crippen LogP contribution in [0.15, 0.2) is 36.4 Å². The van der Waals surface area contributed by atoms with Crippen molar-refractivity contribution in [3.8, 4) is 0 Å². The Labute approximate surface area is 175 Å². The Kier molecular flexibility index (Phi) is 6.54. The zero-order valence-electron chi connectivity index (χ0n) is 17.5. The van der Waals surface area contributed by atoms with Gasteiger partial charge < -0.3 is 9.64 Å². The van der Waals surface area contributed by atoms with E-state index in [1.807, 2.05) is 19.1 Å². The van der Waals surface area contributed by atoms with Crippen molar-refractivity contribution < 1.29 is 23.9 Å². The number of benzene rings is 1. The maximum atomic E-state index is 13.0. The molecule has 0 aromatic heterocycles. The van der Waals surface area contributed by atoms with E-state index in [1.54, 1.807) is 36.1 Å². The van der Waals surface area contributed by atoms with Crippen LogP contribution < -0.4 is 10.4 Å². The fourth-order valence-corrected chi connectivity index (χ4v) is 3.91. The first-order chi connectivity index (χ1) is 14.4. The topological polar surface area (TPSA) is 96.0 Å². The minimum Gasteiger partial charge on any atom is -0.469 e. The van der Waals surface area contributed by atoms with Gasteiger partial charge in [-0.2, -0.15) is 0 Å². The first-order valence-electron chi connectivity index (χ1n) is 10.1. The zero-order chi connectivity index (χ0) is 21.8. The molecule has 3 atom stereocenters. The molecule has 0 radical (unpaired) electrons. The quantitative estimate of drug-likeness (QED) is 0.568. The van der Waals surface area contributed by atoms with Crippen molar-refractivity contribution in [1.29, 1.82) is 0 Å². The highest BCUT2D eigenvalue weighted by Crippen LogP contribution is 2.32. The van der Waals surface area contributed by atoms with E-state index in [1.165, 1.54) is 12.1 Å². The summed E-state index contributed by atoms with van der Waals surface area (Å²) in [5, 5.41) is 1.24. The predicted molar refractivity (Wildman–Crippen MR) is 110 cm³/mol. The molecule has 1 aliphatic heterocycles. The van der Waals surface area contributed by atoms with Crippen molar-refractivity contribution in [2.45, 2.75) is 26.7 Å². The van der Waals surface area contributed by atoms with E-state index in [-0.39, 0.29) is 36.2 Å². The highest BCUT2D eigenvalue weighted by atomic mass is 16.5. The second kappa shape index (κ2) is 9.11. The maximum absolute atomic E-state index is 13.0. The highest BCUT2D eigenvalue weighted by Gasteiger charge is 2.42. The number of carbonyl (C=O) groups excluding carboxylic acids is 4. The van der Waals surface area contributed by atoms with E-state index in [0.29, 0.717) is 30.6 Å². The molecule has 3 amide bonds. The summed E-state index contributed by atoms with van der Waals surface area (Å²) in [5.74, 6) is -2.21. The van der Waals surface area contributed by atoms with Gasteiger partial charge in [-0.3, -0.25) is 24.6 Å². The summed E-state index contributed by atoms with van der Waals surface area (Å²) in [5.41, 5.74) is 3.48. The van der Waals surface area contributed by atoms with Crippen molar-refractivity contribution in [3.05, 3.63) is 42.0 Å². The molecule has 1 fully saturated rings. The number of carbonyl (C=O) groups is 4. The smallest absolute Gasteiger partial charge is 0.310 e. The number of fused-ring (bicyclic) bond motifs is 1. The first kappa shape index (κ1) is 21.5. The summed E-state index contributed by atoms with van der Waals surface area (Å²) in [6.07, 6.45) is 4.94. The van der Waals surface area contributed by atoms with E-state index < -0.39 is 11.8 Å².